The van der Waals surface area contributed by atoms with Gasteiger partial charge in [0.15, 0.2) is 5.13 Å². The zero-order valence-electron chi connectivity index (χ0n) is 15.0. The van der Waals surface area contributed by atoms with Crippen LogP contribution in [0, 0.1) is 0 Å². The number of carbonyl (C=O) groups is 2. The van der Waals surface area contributed by atoms with Crippen LogP contribution in [-0.2, 0) is 20.7 Å². The average molecular weight is 375 g/mol. The maximum Gasteiger partial charge on any atom is 0.245 e. The van der Waals surface area contributed by atoms with Crippen LogP contribution < -0.4 is 5.32 Å². The normalized spacial score (nSPS) is 10.5. The number of hydrogen-bond donors (Lipinski definition) is 1. The number of benzene rings is 1. The van der Waals surface area contributed by atoms with E-state index in [4.69, 9.17) is 4.74 Å². The average Bonchev–Trinajstić information content (AvgIpc) is 3.16. The summed E-state index contributed by atoms with van der Waals surface area (Å²) in [5, 5.41) is 5.06. The number of amides is 2. The highest BCUT2D eigenvalue weighted by Gasteiger charge is 2.17. The molecule has 0 aliphatic heterocycles. The van der Waals surface area contributed by atoms with Gasteiger partial charge in [0, 0.05) is 37.8 Å². The maximum absolute atomic E-state index is 12.6. The Balaban J connectivity index is 1.88. The highest BCUT2D eigenvalue weighted by Crippen LogP contribution is 2.11. The minimum Gasteiger partial charge on any atom is -0.382 e. The van der Waals surface area contributed by atoms with Crippen LogP contribution in [0.3, 0.4) is 0 Å². The molecule has 0 saturated carbocycles. The van der Waals surface area contributed by atoms with Crippen LogP contribution in [0.15, 0.2) is 41.9 Å². The number of anilines is 1. The molecule has 0 aliphatic rings. The van der Waals surface area contributed by atoms with Crippen molar-refractivity contribution in [2.45, 2.75) is 26.2 Å². The maximum atomic E-state index is 12.6. The van der Waals surface area contributed by atoms with Crippen molar-refractivity contribution in [1.29, 1.82) is 0 Å². The molecule has 2 rings (SSSR count). The van der Waals surface area contributed by atoms with Gasteiger partial charge < -0.3 is 15.0 Å². The van der Waals surface area contributed by atoms with E-state index in [-0.39, 0.29) is 18.4 Å². The number of thiazole rings is 1. The van der Waals surface area contributed by atoms with E-state index in [1.807, 2.05) is 37.3 Å². The Labute approximate surface area is 158 Å². The minimum absolute atomic E-state index is 0.0271. The van der Waals surface area contributed by atoms with E-state index in [2.05, 4.69) is 10.3 Å². The lowest BCUT2D eigenvalue weighted by Crippen LogP contribution is -2.39. The second kappa shape index (κ2) is 11.4. The predicted molar refractivity (Wildman–Crippen MR) is 103 cm³/mol. The van der Waals surface area contributed by atoms with Crippen molar-refractivity contribution in [3.63, 3.8) is 0 Å². The van der Waals surface area contributed by atoms with E-state index in [9.17, 15) is 9.59 Å². The van der Waals surface area contributed by atoms with Crippen molar-refractivity contribution in [3.8, 4) is 0 Å². The van der Waals surface area contributed by atoms with Gasteiger partial charge in [0.25, 0.3) is 0 Å². The predicted octanol–water partition coefficient (Wildman–Crippen LogP) is 2.97. The molecular formula is C19H25N3O3S. The quantitative estimate of drug-likeness (QED) is 0.613. The molecular weight excluding hydrogens is 350 g/mol. The molecule has 0 saturated heterocycles. The Morgan fingerprint density at radius 3 is 2.77 bits per heavy atom. The number of nitrogens with zero attached hydrogens (tertiary/aromatic N) is 2. The van der Waals surface area contributed by atoms with Gasteiger partial charge in [-0.2, -0.15) is 0 Å². The van der Waals surface area contributed by atoms with E-state index in [0.29, 0.717) is 44.2 Å². The largest absolute Gasteiger partial charge is 0.382 e. The SMILES string of the molecule is CCOCCCN(CC(=O)Nc1nccs1)C(=O)CCc1ccccc1. The summed E-state index contributed by atoms with van der Waals surface area (Å²) in [5.41, 5.74) is 1.11. The molecule has 0 radical (unpaired) electrons. The standard InChI is InChI=1S/C19H25N3O3S/c1-2-25-13-6-12-22(15-17(23)21-19-20-11-14-26-19)18(24)10-9-16-7-4-3-5-8-16/h3-5,7-8,11,14H,2,6,9-10,12-13,15H2,1H3,(H,20,21,23). The molecule has 2 amide bonds. The van der Waals surface area contributed by atoms with Crippen LogP contribution >= 0.6 is 11.3 Å². The summed E-state index contributed by atoms with van der Waals surface area (Å²) in [5.74, 6) is -0.260. The number of ether oxygens (including phenoxy) is 1. The van der Waals surface area contributed by atoms with Gasteiger partial charge in [-0.1, -0.05) is 30.3 Å². The van der Waals surface area contributed by atoms with Gasteiger partial charge in [0.2, 0.25) is 11.8 Å². The van der Waals surface area contributed by atoms with Gasteiger partial charge in [0.05, 0.1) is 6.54 Å². The van der Waals surface area contributed by atoms with Crippen molar-refractivity contribution in [2.24, 2.45) is 0 Å². The Morgan fingerprint density at radius 2 is 2.08 bits per heavy atom. The smallest absolute Gasteiger partial charge is 0.245 e. The van der Waals surface area contributed by atoms with Crippen LogP contribution in [0.1, 0.15) is 25.3 Å². The Hall–Kier alpha value is -2.25. The Bertz CT molecular complexity index is 662. The second-order valence-corrected chi connectivity index (χ2v) is 6.63. The van der Waals surface area contributed by atoms with Crippen molar-refractivity contribution < 1.29 is 14.3 Å². The van der Waals surface area contributed by atoms with E-state index in [1.165, 1.54) is 11.3 Å². The van der Waals surface area contributed by atoms with Crippen molar-refractivity contribution >= 4 is 28.3 Å². The molecule has 7 heteroatoms. The van der Waals surface area contributed by atoms with Gasteiger partial charge in [-0.3, -0.25) is 9.59 Å². The number of hydrogen-bond acceptors (Lipinski definition) is 5. The lowest BCUT2D eigenvalue weighted by atomic mass is 10.1. The summed E-state index contributed by atoms with van der Waals surface area (Å²) in [7, 11) is 0. The highest BCUT2D eigenvalue weighted by molar-refractivity contribution is 7.13. The van der Waals surface area contributed by atoms with Gasteiger partial charge >= 0.3 is 0 Å². The topological polar surface area (TPSA) is 71.5 Å². The summed E-state index contributed by atoms with van der Waals surface area (Å²) in [6.07, 6.45) is 3.37. The van der Waals surface area contributed by atoms with Gasteiger partial charge in [-0.25, -0.2) is 4.98 Å². The molecule has 1 N–H and O–H groups in total. The van der Waals surface area contributed by atoms with E-state index in [0.717, 1.165) is 5.56 Å². The molecule has 0 aliphatic carbocycles. The van der Waals surface area contributed by atoms with E-state index in [1.54, 1.807) is 16.5 Å². The van der Waals surface area contributed by atoms with Gasteiger partial charge in [-0.15, -0.1) is 11.3 Å². The Kier molecular flexibility index (Phi) is 8.78. The number of aromatic nitrogens is 1. The fraction of sp³-hybridized carbons (Fsp3) is 0.421. The minimum atomic E-state index is -0.232. The second-order valence-electron chi connectivity index (χ2n) is 5.74. The molecule has 0 atom stereocenters. The first kappa shape index (κ1) is 20.1. The third kappa shape index (κ3) is 7.33. The number of nitrogens with one attached hydrogen (secondary N) is 1. The monoisotopic (exact) mass is 375 g/mol. The van der Waals surface area contributed by atoms with Gasteiger partial charge in [0.1, 0.15) is 0 Å². The summed E-state index contributed by atoms with van der Waals surface area (Å²) < 4.78 is 5.34. The molecule has 1 aromatic carbocycles. The Morgan fingerprint density at radius 1 is 1.27 bits per heavy atom. The summed E-state index contributed by atoms with van der Waals surface area (Å²) in [4.78, 5) is 30.5. The molecule has 1 aromatic heterocycles. The highest BCUT2D eigenvalue weighted by atomic mass is 32.1. The molecule has 0 fully saturated rings. The summed E-state index contributed by atoms with van der Waals surface area (Å²) in [6.45, 7) is 3.68. The van der Waals surface area contributed by atoms with Crippen LogP contribution in [0.2, 0.25) is 0 Å². The first-order chi connectivity index (χ1) is 12.7. The number of rotatable bonds is 11. The van der Waals surface area contributed by atoms with Crippen molar-refractivity contribution in [3.05, 3.63) is 47.5 Å². The number of carbonyl (C=O) groups excluding carboxylic acids is 2. The zero-order valence-corrected chi connectivity index (χ0v) is 15.8. The summed E-state index contributed by atoms with van der Waals surface area (Å²) in [6, 6.07) is 9.88. The summed E-state index contributed by atoms with van der Waals surface area (Å²) >= 11 is 1.35. The molecule has 26 heavy (non-hydrogen) atoms. The van der Waals surface area contributed by atoms with Crippen molar-refractivity contribution in [2.75, 3.05) is 31.6 Å². The number of aryl methyl sites for hydroxylation is 1. The molecule has 1 heterocycles. The van der Waals surface area contributed by atoms with Crippen LogP contribution in [0.5, 0.6) is 0 Å². The van der Waals surface area contributed by atoms with E-state index < -0.39 is 0 Å². The van der Waals surface area contributed by atoms with Crippen LogP contribution in [-0.4, -0.2) is 48.0 Å². The first-order valence-corrected chi connectivity index (χ1v) is 9.65. The van der Waals surface area contributed by atoms with Crippen LogP contribution in [0.25, 0.3) is 0 Å². The molecule has 140 valence electrons. The fourth-order valence-corrected chi connectivity index (χ4v) is 3.01. The first-order valence-electron chi connectivity index (χ1n) is 8.78. The molecule has 0 bridgehead atoms. The van der Waals surface area contributed by atoms with Gasteiger partial charge in [-0.05, 0) is 25.3 Å². The lowest BCUT2D eigenvalue weighted by Gasteiger charge is -2.22. The third-order valence-corrected chi connectivity index (χ3v) is 4.45. The molecule has 0 spiro atoms. The van der Waals surface area contributed by atoms with Crippen molar-refractivity contribution in [1.82, 2.24) is 9.88 Å². The lowest BCUT2D eigenvalue weighted by molar-refractivity contribution is -0.134. The van der Waals surface area contributed by atoms with E-state index >= 15 is 0 Å². The molecule has 0 unspecified atom stereocenters. The van der Waals surface area contributed by atoms with Crippen LogP contribution in [0.4, 0.5) is 5.13 Å². The fourth-order valence-electron chi connectivity index (χ4n) is 2.47. The molecule has 2 aromatic rings. The third-order valence-electron chi connectivity index (χ3n) is 3.76. The zero-order chi connectivity index (χ0) is 18.6. The molecule has 6 nitrogen and oxygen atoms in total.